The summed E-state index contributed by atoms with van der Waals surface area (Å²) in [5.41, 5.74) is 1.12. The van der Waals surface area contributed by atoms with Gasteiger partial charge in [-0.2, -0.15) is 4.31 Å². The average molecular weight is 402 g/mol. The summed E-state index contributed by atoms with van der Waals surface area (Å²) in [6, 6.07) is 7.13. The van der Waals surface area contributed by atoms with E-state index in [0.29, 0.717) is 37.0 Å². The van der Waals surface area contributed by atoms with Gasteiger partial charge in [0, 0.05) is 32.7 Å². The predicted molar refractivity (Wildman–Crippen MR) is 104 cm³/mol. The molecule has 0 saturated carbocycles. The fourth-order valence-corrected chi connectivity index (χ4v) is 4.87. The van der Waals surface area contributed by atoms with Crippen LogP contribution in [0.25, 0.3) is 0 Å². The van der Waals surface area contributed by atoms with E-state index in [9.17, 15) is 13.2 Å². The molecular formula is C18H28ClN3O3S. The largest absolute Gasteiger partial charge is 0.340 e. The zero-order chi connectivity index (χ0) is 18.0. The minimum atomic E-state index is -3.49. The van der Waals surface area contributed by atoms with Crippen molar-refractivity contribution in [3.05, 3.63) is 29.8 Å². The number of sulfonamides is 1. The molecule has 3 rings (SSSR count). The minimum absolute atomic E-state index is 0. The molecule has 8 heteroatoms. The molecule has 2 fully saturated rings. The van der Waals surface area contributed by atoms with Crippen molar-refractivity contribution in [3.63, 3.8) is 0 Å². The number of piperazine rings is 1. The number of nitrogens with zero attached hydrogens (tertiary/aromatic N) is 2. The molecular weight excluding hydrogens is 374 g/mol. The smallest absolute Gasteiger partial charge is 0.243 e. The van der Waals surface area contributed by atoms with E-state index in [-0.39, 0.29) is 24.2 Å². The summed E-state index contributed by atoms with van der Waals surface area (Å²) >= 11 is 0. The highest BCUT2D eigenvalue weighted by Crippen LogP contribution is 2.22. The van der Waals surface area contributed by atoms with Gasteiger partial charge in [0.2, 0.25) is 15.9 Å². The van der Waals surface area contributed by atoms with Gasteiger partial charge >= 0.3 is 0 Å². The van der Waals surface area contributed by atoms with Crippen LogP contribution < -0.4 is 5.32 Å². The standard InChI is InChI=1S/C18H27N3O3S.ClH/c1-14(2)15-3-5-17(6-4-15)25(23,24)21-11-9-20(10-12-21)18(22)16-7-8-19-13-16;/h3-6,14,16,19H,7-13H2,1-2H3;1H. The van der Waals surface area contributed by atoms with Crippen molar-refractivity contribution < 1.29 is 13.2 Å². The zero-order valence-corrected chi connectivity index (χ0v) is 17.0. The number of carbonyl (C=O) groups excluding carboxylic acids is 1. The maximum Gasteiger partial charge on any atom is 0.243 e. The molecule has 1 amide bonds. The van der Waals surface area contributed by atoms with Gasteiger partial charge in [0.05, 0.1) is 10.8 Å². The Morgan fingerprint density at radius 3 is 2.23 bits per heavy atom. The molecule has 1 aromatic carbocycles. The highest BCUT2D eigenvalue weighted by atomic mass is 35.5. The third kappa shape index (κ3) is 4.39. The number of hydrogen-bond donors (Lipinski definition) is 1. The van der Waals surface area contributed by atoms with E-state index in [2.05, 4.69) is 19.2 Å². The number of carbonyl (C=O) groups is 1. The molecule has 0 aliphatic carbocycles. The van der Waals surface area contributed by atoms with Crippen LogP contribution in [-0.2, 0) is 14.8 Å². The number of halogens is 1. The van der Waals surface area contributed by atoms with E-state index in [1.54, 1.807) is 12.1 Å². The SMILES string of the molecule is CC(C)c1ccc(S(=O)(=O)N2CCN(C(=O)C3CCNC3)CC2)cc1.Cl. The highest BCUT2D eigenvalue weighted by Gasteiger charge is 2.33. The first-order valence-corrected chi connectivity index (χ1v) is 10.4. The van der Waals surface area contributed by atoms with E-state index in [4.69, 9.17) is 0 Å². The Hall–Kier alpha value is -1.15. The third-order valence-corrected chi connectivity index (χ3v) is 7.06. The number of hydrogen-bond acceptors (Lipinski definition) is 4. The van der Waals surface area contributed by atoms with E-state index < -0.39 is 10.0 Å². The maximum absolute atomic E-state index is 12.8. The molecule has 146 valence electrons. The van der Waals surface area contributed by atoms with E-state index >= 15 is 0 Å². The monoisotopic (exact) mass is 401 g/mol. The number of benzene rings is 1. The molecule has 6 nitrogen and oxygen atoms in total. The van der Waals surface area contributed by atoms with Crippen LogP contribution in [0.3, 0.4) is 0 Å². The van der Waals surface area contributed by atoms with Crippen LogP contribution in [0.2, 0.25) is 0 Å². The van der Waals surface area contributed by atoms with Gasteiger partial charge in [-0.25, -0.2) is 8.42 Å². The predicted octanol–water partition coefficient (Wildman–Crippen LogP) is 1.67. The summed E-state index contributed by atoms with van der Waals surface area (Å²) in [6.07, 6.45) is 0.875. The number of amides is 1. The highest BCUT2D eigenvalue weighted by molar-refractivity contribution is 7.89. The Balaban J connectivity index is 0.00000243. The molecule has 0 radical (unpaired) electrons. The van der Waals surface area contributed by atoms with Crippen LogP contribution >= 0.6 is 12.4 Å². The molecule has 0 bridgehead atoms. The molecule has 1 N–H and O–H groups in total. The van der Waals surface area contributed by atoms with Crippen molar-refractivity contribution in [2.75, 3.05) is 39.3 Å². The second-order valence-corrected chi connectivity index (χ2v) is 9.08. The lowest BCUT2D eigenvalue weighted by atomic mass is 10.0. The number of nitrogens with one attached hydrogen (secondary N) is 1. The molecule has 1 aromatic rings. The normalized spacial score (nSPS) is 21.7. The van der Waals surface area contributed by atoms with Gasteiger partial charge in [-0.15, -0.1) is 12.4 Å². The lowest BCUT2D eigenvalue weighted by molar-refractivity contribution is -0.136. The van der Waals surface area contributed by atoms with E-state index in [1.165, 1.54) is 4.31 Å². The summed E-state index contributed by atoms with van der Waals surface area (Å²) in [7, 11) is -3.49. The van der Waals surface area contributed by atoms with Crippen molar-refractivity contribution in [2.45, 2.75) is 31.1 Å². The van der Waals surface area contributed by atoms with E-state index in [0.717, 1.165) is 25.1 Å². The first kappa shape index (κ1) is 21.2. The maximum atomic E-state index is 12.8. The van der Waals surface area contributed by atoms with Crippen LogP contribution in [0.5, 0.6) is 0 Å². The lowest BCUT2D eigenvalue weighted by Crippen LogP contribution is -2.52. The lowest BCUT2D eigenvalue weighted by Gasteiger charge is -2.35. The number of rotatable bonds is 4. The fourth-order valence-electron chi connectivity index (χ4n) is 3.45. The van der Waals surface area contributed by atoms with Crippen molar-refractivity contribution in [1.29, 1.82) is 0 Å². The molecule has 1 unspecified atom stereocenters. The zero-order valence-electron chi connectivity index (χ0n) is 15.3. The van der Waals surface area contributed by atoms with Gasteiger partial charge in [-0.3, -0.25) is 4.79 Å². The van der Waals surface area contributed by atoms with Crippen molar-refractivity contribution in [2.24, 2.45) is 5.92 Å². The van der Waals surface area contributed by atoms with Gasteiger partial charge in [-0.05, 0) is 36.6 Å². The fraction of sp³-hybridized carbons (Fsp3) is 0.611. The quantitative estimate of drug-likeness (QED) is 0.833. The first-order chi connectivity index (χ1) is 11.9. The molecule has 2 aliphatic heterocycles. The van der Waals surface area contributed by atoms with Gasteiger partial charge in [0.1, 0.15) is 0 Å². The van der Waals surface area contributed by atoms with Crippen LogP contribution in [0.4, 0.5) is 0 Å². The van der Waals surface area contributed by atoms with Crippen molar-refractivity contribution >= 4 is 28.3 Å². The van der Waals surface area contributed by atoms with Gasteiger partial charge in [0.25, 0.3) is 0 Å². The molecule has 2 heterocycles. The Bertz CT molecular complexity index is 708. The Kier molecular flexibility index (Phi) is 7.07. The Morgan fingerprint density at radius 1 is 1.12 bits per heavy atom. The summed E-state index contributed by atoms with van der Waals surface area (Å²) in [5, 5.41) is 3.21. The second-order valence-electron chi connectivity index (χ2n) is 7.14. The summed E-state index contributed by atoms with van der Waals surface area (Å²) < 4.78 is 27.1. The molecule has 26 heavy (non-hydrogen) atoms. The molecule has 1 atom stereocenters. The topological polar surface area (TPSA) is 69.7 Å². The first-order valence-electron chi connectivity index (χ1n) is 8.99. The molecule has 0 aromatic heterocycles. The molecule has 2 saturated heterocycles. The average Bonchev–Trinajstić information content (AvgIpc) is 3.16. The Labute approximate surface area is 162 Å². The van der Waals surface area contributed by atoms with Crippen LogP contribution in [0.15, 0.2) is 29.2 Å². The van der Waals surface area contributed by atoms with Gasteiger partial charge in [-0.1, -0.05) is 26.0 Å². The van der Waals surface area contributed by atoms with Crippen molar-refractivity contribution in [3.8, 4) is 0 Å². The van der Waals surface area contributed by atoms with Crippen LogP contribution in [-0.4, -0.2) is 62.8 Å². The van der Waals surface area contributed by atoms with E-state index in [1.807, 2.05) is 17.0 Å². The Morgan fingerprint density at radius 2 is 1.73 bits per heavy atom. The van der Waals surface area contributed by atoms with Crippen LogP contribution in [0, 0.1) is 5.92 Å². The molecule has 0 spiro atoms. The van der Waals surface area contributed by atoms with Gasteiger partial charge in [0.15, 0.2) is 0 Å². The minimum Gasteiger partial charge on any atom is -0.340 e. The summed E-state index contributed by atoms with van der Waals surface area (Å²) in [6.45, 7) is 7.45. The third-order valence-electron chi connectivity index (χ3n) is 5.14. The van der Waals surface area contributed by atoms with Crippen molar-refractivity contribution in [1.82, 2.24) is 14.5 Å². The molecule has 2 aliphatic rings. The summed E-state index contributed by atoms with van der Waals surface area (Å²) in [4.78, 5) is 14.6. The van der Waals surface area contributed by atoms with Gasteiger partial charge < -0.3 is 10.2 Å². The van der Waals surface area contributed by atoms with Crippen LogP contribution in [0.1, 0.15) is 31.7 Å². The summed E-state index contributed by atoms with van der Waals surface area (Å²) in [5.74, 6) is 0.575. The second kappa shape index (κ2) is 8.69.